The standard InChI is InChI=1S/C14H18N2O/c1-9(2)14-16-12-8-11(6-7-13(12)17-14)15-10-4-3-5-10/h6-10,15H,3-5H2,1-2H3. The molecule has 0 unspecified atom stereocenters. The van der Waals surface area contributed by atoms with E-state index < -0.39 is 0 Å². The zero-order chi connectivity index (χ0) is 11.8. The van der Waals surface area contributed by atoms with E-state index in [2.05, 4.69) is 36.3 Å². The SMILES string of the molecule is CC(C)c1nc2cc(NC3CCC3)ccc2o1. The van der Waals surface area contributed by atoms with Crippen molar-refractivity contribution in [1.82, 2.24) is 4.98 Å². The van der Waals surface area contributed by atoms with Gasteiger partial charge in [0.2, 0.25) is 0 Å². The van der Waals surface area contributed by atoms with Crippen LogP contribution in [-0.4, -0.2) is 11.0 Å². The molecule has 1 aromatic carbocycles. The molecule has 1 fully saturated rings. The Kier molecular flexibility index (Phi) is 2.54. The van der Waals surface area contributed by atoms with Crippen molar-refractivity contribution in [3.05, 3.63) is 24.1 Å². The van der Waals surface area contributed by atoms with Gasteiger partial charge in [0.05, 0.1) is 0 Å². The summed E-state index contributed by atoms with van der Waals surface area (Å²) in [5.41, 5.74) is 3.00. The summed E-state index contributed by atoms with van der Waals surface area (Å²) < 4.78 is 5.69. The average Bonchev–Trinajstić information content (AvgIpc) is 2.66. The molecule has 17 heavy (non-hydrogen) atoms. The second-order valence-electron chi connectivity index (χ2n) is 5.16. The smallest absolute Gasteiger partial charge is 0.198 e. The van der Waals surface area contributed by atoms with Crippen LogP contribution in [-0.2, 0) is 0 Å². The Hall–Kier alpha value is -1.51. The van der Waals surface area contributed by atoms with E-state index in [4.69, 9.17) is 4.42 Å². The minimum atomic E-state index is 0.338. The molecule has 3 nitrogen and oxygen atoms in total. The van der Waals surface area contributed by atoms with Gasteiger partial charge < -0.3 is 9.73 Å². The Morgan fingerprint density at radius 2 is 2.18 bits per heavy atom. The largest absolute Gasteiger partial charge is 0.440 e. The topological polar surface area (TPSA) is 38.1 Å². The molecule has 0 amide bonds. The molecule has 0 spiro atoms. The fourth-order valence-electron chi connectivity index (χ4n) is 2.07. The van der Waals surface area contributed by atoms with E-state index in [1.165, 1.54) is 19.3 Å². The zero-order valence-electron chi connectivity index (χ0n) is 10.4. The molecule has 1 aliphatic rings. The van der Waals surface area contributed by atoms with Crippen molar-refractivity contribution in [2.75, 3.05) is 5.32 Å². The quantitative estimate of drug-likeness (QED) is 0.868. The van der Waals surface area contributed by atoms with Crippen LogP contribution >= 0.6 is 0 Å². The van der Waals surface area contributed by atoms with Crippen LogP contribution < -0.4 is 5.32 Å². The first-order chi connectivity index (χ1) is 8.22. The highest BCUT2D eigenvalue weighted by Gasteiger charge is 2.17. The first kappa shape index (κ1) is 10.6. The van der Waals surface area contributed by atoms with Gasteiger partial charge in [0.25, 0.3) is 0 Å². The molecule has 0 aliphatic heterocycles. The Morgan fingerprint density at radius 3 is 2.82 bits per heavy atom. The fourth-order valence-corrected chi connectivity index (χ4v) is 2.07. The van der Waals surface area contributed by atoms with E-state index in [0.717, 1.165) is 22.7 Å². The van der Waals surface area contributed by atoms with E-state index in [1.54, 1.807) is 0 Å². The van der Waals surface area contributed by atoms with Crippen LogP contribution in [0, 0.1) is 0 Å². The number of rotatable bonds is 3. The highest BCUT2D eigenvalue weighted by molar-refractivity contribution is 5.77. The Labute approximate surface area is 101 Å². The molecule has 2 aromatic rings. The molecule has 0 saturated heterocycles. The third-order valence-electron chi connectivity index (χ3n) is 3.37. The molecule has 1 aliphatic carbocycles. The maximum absolute atomic E-state index is 5.69. The number of hydrogen-bond donors (Lipinski definition) is 1. The number of aromatic nitrogens is 1. The van der Waals surface area contributed by atoms with E-state index in [9.17, 15) is 0 Å². The van der Waals surface area contributed by atoms with Crippen molar-refractivity contribution in [2.24, 2.45) is 0 Å². The number of benzene rings is 1. The summed E-state index contributed by atoms with van der Waals surface area (Å²) in [6.45, 7) is 4.19. The van der Waals surface area contributed by atoms with Gasteiger partial charge in [-0.15, -0.1) is 0 Å². The molecule has 3 heteroatoms. The monoisotopic (exact) mass is 230 g/mol. The van der Waals surface area contributed by atoms with Gasteiger partial charge in [0, 0.05) is 17.6 Å². The summed E-state index contributed by atoms with van der Waals surface area (Å²) >= 11 is 0. The van der Waals surface area contributed by atoms with Gasteiger partial charge in [0.15, 0.2) is 11.5 Å². The van der Waals surface area contributed by atoms with Crippen molar-refractivity contribution in [3.8, 4) is 0 Å². The normalized spacial score (nSPS) is 16.4. The van der Waals surface area contributed by atoms with Gasteiger partial charge in [0.1, 0.15) is 5.52 Å². The number of oxazole rings is 1. The van der Waals surface area contributed by atoms with Gasteiger partial charge in [-0.25, -0.2) is 4.98 Å². The van der Waals surface area contributed by atoms with E-state index in [-0.39, 0.29) is 0 Å². The molecule has 1 aromatic heterocycles. The Morgan fingerprint density at radius 1 is 1.35 bits per heavy atom. The van der Waals surface area contributed by atoms with Crippen LogP contribution in [0.25, 0.3) is 11.1 Å². The fraction of sp³-hybridized carbons (Fsp3) is 0.500. The number of hydrogen-bond acceptors (Lipinski definition) is 3. The van der Waals surface area contributed by atoms with Gasteiger partial charge in [-0.05, 0) is 37.5 Å². The first-order valence-corrected chi connectivity index (χ1v) is 6.39. The van der Waals surface area contributed by atoms with Crippen LogP contribution in [0.1, 0.15) is 44.9 Å². The molecular weight excluding hydrogens is 212 g/mol. The lowest BCUT2D eigenvalue weighted by molar-refractivity contribution is 0.445. The Bertz CT molecular complexity index is 526. The lowest BCUT2D eigenvalue weighted by Gasteiger charge is -2.27. The predicted octanol–water partition coefficient (Wildman–Crippen LogP) is 3.92. The van der Waals surface area contributed by atoms with Crippen molar-refractivity contribution >= 4 is 16.8 Å². The third-order valence-corrected chi connectivity index (χ3v) is 3.37. The second-order valence-corrected chi connectivity index (χ2v) is 5.16. The van der Waals surface area contributed by atoms with Gasteiger partial charge in [-0.2, -0.15) is 0 Å². The van der Waals surface area contributed by atoms with Crippen molar-refractivity contribution < 1.29 is 4.42 Å². The number of anilines is 1. The zero-order valence-corrected chi connectivity index (χ0v) is 10.4. The maximum atomic E-state index is 5.69. The van der Waals surface area contributed by atoms with Crippen molar-refractivity contribution in [2.45, 2.75) is 45.1 Å². The predicted molar refractivity (Wildman–Crippen MR) is 69.4 cm³/mol. The molecular formula is C14H18N2O. The first-order valence-electron chi connectivity index (χ1n) is 6.39. The average molecular weight is 230 g/mol. The van der Waals surface area contributed by atoms with E-state index in [1.807, 2.05) is 6.07 Å². The number of nitrogens with zero attached hydrogens (tertiary/aromatic N) is 1. The Balaban J connectivity index is 1.89. The molecule has 1 saturated carbocycles. The molecule has 1 N–H and O–H groups in total. The summed E-state index contributed by atoms with van der Waals surface area (Å²) in [7, 11) is 0. The highest BCUT2D eigenvalue weighted by atomic mass is 16.3. The molecule has 0 bridgehead atoms. The second kappa shape index (κ2) is 4.06. The van der Waals surface area contributed by atoms with Gasteiger partial charge >= 0.3 is 0 Å². The lowest BCUT2D eigenvalue weighted by Crippen LogP contribution is -2.26. The van der Waals surface area contributed by atoms with E-state index >= 15 is 0 Å². The molecule has 1 heterocycles. The summed E-state index contributed by atoms with van der Waals surface area (Å²) in [5.74, 6) is 1.16. The minimum Gasteiger partial charge on any atom is -0.440 e. The molecule has 90 valence electrons. The van der Waals surface area contributed by atoms with Gasteiger partial charge in [-0.1, -0.05) is 13.8 Å². The van der Waals surface area contributed by atoms with Crippen LogP contribution in [0.15, 0.2) is 22.6 Å². The van der Waals surface area contributed by atoms with Crippen LogP contribution in [0.5, 0.6) is 0 Å². The summed E-state index contributed by atoms with van der Waals surface area (Å²) in [6, 6.07) is 6.83. The van der Waals surface area contributed by atoms with Crippen molar-refractivity contribution in [3.63, 3.8) is 0 Å². The number of nitrogens with one attached hydrogen (secondary N) is 1. The van der Waals surface area contributed by atoms with Crippen LogP contribution in [0.4, 0.5) is 5.69 Å². The van der Waals surface area contributed by atoms with Crippen molar-refractivity contribution in [1.29, 1.82) is 0 Å². The van der Waals surface area contributed by atoms with Crippen LogP contribution in [0.2, 0.25) is 0 Å². The number of fused-ring (bicyclic) bond motifs is 1. The lowest BCUT2D eigenvalue weighted by atomic mass is 9.93. The third kappa shape index (κ3) is 2.02. The maximum Gasteiger partial charge on any atom is 0.198 e. The highest BCUT2D eigenvalue weighted by Crippen LogP contribution is 2.27. The van der Waals surface area contributed by atoms with E-state index in [0.29, 0.717) is 12.0 Å². The summed E-state index contributed by atoms with van der Waals surface area (Å²) in [5, 5.41) is 3.53. The summed E-state index contributed by atoms with van der Waals surface area (Å²) in [4.78, 5) is 4.52. The minimum absolute atomic E-state index is 0.338. The van der Waals surface area contributed by atoms with Gasteiger partial charge in [-0.3, -0.25) is 0 Å². The molecule has 0 radical (unpaired) electrons. The summed E-state index contributed by atoms with van der Waals surface area (Å²) in [6.07, 6.45) is 3.92. The van der Waals surface area contributed by atoms with Crippen LogP contribution in [0.3, 0.4) is 0 Å². The molecule has 3 rings (SSSR count). The molecule has 0 atom stereocenters.